The Morgan fingerprint density at radius 3 is 2.86 bits per heavy atom. The van der Waals surface area contributed by atoms with Gasteiger partial charge in [0, 0.05) is 11.6 Å². The van der Waals surface area contributed by atoms with E-state index in [1.807, 2.05) is 23.7 Å². The summed E-state index contributed by atoms with van der Waals surface area (Å²) in [4.78, 5) is 16.3. The minimum Gasteiger partial charge on any atom is -0.437 e. The fourth-order valence-electron chi connectivity index (χ4n) is 2.18. The Kier molecular flexibility index (Phi) is 4.01. The zero-order valence-corrected chi connectivity index (χ0v) is 12.6. The molecule has 5 heteroatoms. The minimum atomic E-state index is 0.359. The van der Waals surface area contributed by atoms with Gasteiger partial charge in [0.1, 0.15) is 5.75 Å². The number of imidazole rings is 1. The summed E-state index contributed by atoms with van der Waals surface area (Å²) in [7, 11) is 0. The molecule has 3 aromatic rings. The number of aldehydes is 1. The van der Waals surface area contributed by atoms with Gasteiger partial charge < -0.3 is 4.74 Å². The first-order valence-corrected chi connectivity index (χ1v) is 7.87. The van der Waals surface area contributed by atoms with Crippen molar-refractivity contribution < 1.29 is 9.53 Å². The third-order valence-corrected chi connectivity index (χ3v) is 4.09. The summed E-state index contributed by atoms with van der Waals surface area (Å²) in [5.41, 5.74) is 1.74. The lowest BCUT2D eigenvalue weighted by Gasteiger charge is -2.05. The first kappa shape index (κ1) is 13.8. The van der Waals surface area contributed by atoms with Crippen LogP contribution in [0.2, 0.25) is 0 Å². The van der Waals surface area contributed by atoms with Crippen LogP contribution in [0.1, 0.15) is 35.8 Å². The Labute approximate surface area is 127 Å². The summed E-state index contributed by atoms with van der Waals surface area (Å²) in [5.74, 6) is 1.06. The van der Waals surface area contributed by atoms with Gasteiger partial charge in [-0.25, -0.2) is 0 Å². The van der Waals surface area contributed by atoms with Crippen molar-refractivity contribution in [1.82, 2.24) is 9.38 Å². The lowest BCUT2D eigenvalue weighted by atomic mass is 10.1. The first-order valence-electron chi connectivity index (χ1n) is 6.99. The maximum absolute atomic E-state index is 11.2. The third-order valence-electron chi connectivity index (χ3n) is 3.33. The molecule has 0 amide bonds. The van der Waals surface area contributed by atoms with Crippen LogP contribution in [-0.2, 0) is 6.42 Å². The number of unbranched alkanes of at least 4 members (excludes halogenated alkanes) is 1. The van der Waals surface area contributed by atoms with Crippen LogP contribution in [0.25, 0.3) is 4.96 Å². The topological polar surface area (TPSA) is 43.6 Å². The minimum absolute atomic E-state index is 0.359. The van der Waals surface area contributed by atoms with Crippen LogP contribution in [0.4, 0.5) is 0 Å². The number of aryl methyl sites for hydroxylation is 1. The first-order chi connectivity index (χ1) is 10.3. The zero-order valence-electron chi connectivity index (χ0n) is 11.8. The predicted octanol–water partition coefficient (Wildman–Crippen LogP) is 4.34. The molecule has 0 aliphatic carbocycles. The molecule has 0 N–H and O–H groups in total. The lowest BCUT2D eigenvalue weighted by molar-refractivity contribution is 0.111. The highest BCUT2D eigenvalue weighted by Gasteiger charge is 2.14. The molecule has 0 saturated carbocycles. The summed E-state index contributed by atoms with van der Waals surface area (Å²) in [6, 6.07) is 7.97. The Morgan fingerprint density at radius 1 is 1.33 bits per heavy atom. The number of aromatic nitrogens is 2. The van der Waals surface area contributed by atoms with Gasteiger partial charge in [0.2, 0.25) is 5.88 Å². The predicted molar refractivity (Wildman–Crippen MR) is 83.6 cm³/mol. The standard InChI is InChI=1S/C16H16N2O2S/c1-2-3-4-12-5-7-13(8-6-12)20-15-14(11-19)18-9-10-21-16(18)17-15/h5-11H,2-4H2,1H3. The second-order valence-corrected chi connectivity index (χ2v) is 5.70. The van der Waals surface area contributed by atoms with Crippen molar-refractivity contribution in [3.05, 3.63) is 47.1 Å². The van der Waals surface area contributed by atoms with E-state index in [9.17, 15) is 4.79 Å². The van der Waals surface area contributed by atoms with Gasteiger partial charge in [-0.05, 0) is 30.5 Å². The smallest absolute Gasteiger partial charge is 0.250 e. The average Bonchev–Trinajstić information content (AvgIpc) is 3.07. The molecule has 0 bridgehead atoms. The number of carbonyl (C=O) groups is 1. The largest absolute Gasteiger partial charge is 0.437 e. The molecule has 0 fully saturated rings. The summed E-state index contributed by atoms with van der Waals surface area (Å²) in [6.07, 6.45) is 6.05. The van der Waals surface area contributed by atoms with E-state index >= 15 is 0 Å². The van der Waals surface area contributed by atoms with Crippen molar-refractivity contribution in [3.63, 3.8) is 0 Å². The number of thiazole rings is 1. The zero-order chi connectivity index (χ0) is 14.7. The molecule has 0 spiro atoms. The number of nitrogens with zero attached hydrogens (tertiary/aromatic N) is 2. The summed E-state index contributed by atoms with van der Waals surface area (Å²) < 4.78 is 7.49. The molecule has 0 saturated heterocycles. The average molecular weight is 300 g/mol. The van der Waals surface area contributed by atoms with Crippen LogP contribution in [0.3, 0.4) is 0 Å². The molecule has 4 nitrogen and oxygen atoms in total. The van der Waals surface area contributed by atoms with Gasteiger partial charge in [0.25, 0.3) is 0 Å². The van der Waals surface area contributed by atoms with Crippen LogP contribution >= 0.6 is 11.3 Å². The molecule has 3 rings (SSSR count). The van der Waals surface area contributed by atoms with E-state index in [0.29, 0.717) is 17.3 Å². The fourth-order valence-corrected chi connectivity index (χ4v) is 2.90. The fraction of sp³-hybridized carbons (Fsp3) is 0.250. The molecule has 0 aliphatic rings. The molecule has 0 unspecified atom stereocenters. The number of benzene rings is 1. The van der Waals surface area contributed by atoms with E-state index in [-0.39, 0.29) is 0 Å². The summed E-state index contributed by atoms with van der Waals surface area (Å²) >= 11 is 1.47. The number of hydrogen-bond donors (Lipinski definition) is 0. The van der Waals surface area contributed by atoms with Crippen molar-refractivity contribution in [1.29, 1.82) is 0 Å². The van der Waals surface area contributed by atoms with Crippen molar-refractivity contribution in [2.45, 2.75) is 26.2 Å². The Bertz CT molecular complexity index is 743. The number of ether oxygens (including phenoxy) is 1. The van der Waals surface area contributed by atoms with E-state index in [2.05, 4.69) is 24.0 Å². The van der Waals surface area contributed by atoms with Crippen molar-refractivity contribution in [2.24, 2.45) is 0 Å². The van der Waals surface area contributed by atoms with E-state index < -0.39 is 0 Å². The normalized spacial score (nSPS) is 10.9. The van der Waals surface area contributed by atoms with Gasteiger partial charge in [-0.2, -0.15) is 4.98 Å². The van der Waals surface area contributed by atoms with Gasteiger partial charge in [-0.15, -0.1) is 11.3 Å². The second-order valence-electron chi connectivity index (χ2n) is 4.83. The molecular weight excluding hydrogens is 284 g/mol. The van der Waals surface area contributed by atoms with Crippen LogP contribution in [0, 0.1) is 0 Å². The van der Waals surface area contributed by atoms with E-state index in [1.54, 1.807) is 4.40 Å². The SMILES string of the molecule is CCCCc1ccc(Oc2nc3sccn3c2C=O)cc1. The van der Waals surface area contributed by atoms with Crippen LogP contribution in [0.15, 0.2) is 35.8 Å². The molecular formula is C16H16N2O2S. The number of carbonyl (C=O) groups excluding carboxylic acids is 1. The maximum Gasteiger partial charge on any atom is 0.250 e. The van der Waals surface area contributed by atoms with Crippen molar-refractivity contribution in [2.75, 3.05) is 0 Å². The highest BCUT2D eigenvalue weighted by molar-refractivity contribution is 7.15. The Morgan fingerprint density at radius 2 is 2.14 bits per heavy atom. The monoisotopic (exact) mass is 300 g/mol. The van der Waals surface area contributed by atoms with Gasteiger partial charge in [0.05, 0.1) is 0 Å². The van der Waals surface area contributed by atoms with Crippen molar-refractivity contribution >= 4 is 22.6 Å². The van der Waals surface area contributed by atoms with Gasteiger partial charge >= 0.3 is 0 Å². The molecule has 0 radical (unpaired) electrons. The molecule has 108 valence electrons. The molecule has 1 aromatic carbocycles. The quantitative estimate of drug-likeness (QED) is 0.636. The summed E-state index contributed by atoms with van der Waals surface area (Å²) in [5, 5.41) is 1.89. The van der Waals surface area contributed by atoms with Gasteiger partial charge in [0.15, 0.2) is 16.9 Å². The molecule has 2 heterocycles. The highest BCUT2D eigenvalue weighted by atomic mass is 32.1. The number of hydrogen-bond acceptors (Lipinski definition) is 4. The summed E-state index contributed by atoms with van der Waals surface area (Å²) in [6.45, 7) is 2.18. The van der Waals surface area contributed by atoms with Crippen LogP contribution in [-0.4, -0.2) is 15.7 Å². The maximum atomic E-state index is 11.2. The number of rotatable bonds is 6. The third kappa shape index (κ3) is 2.83. The number of fused-ring (bicyclic) bond motifs is 1. The van der Waals surface area contributed by atoms with Crippen LogP contribution < -0.4 is 4.74 Å². The van der Waals surface area contributed by atoms with Gasteiger partial charge in [-0.3, -0.25) is 9.20 Å². The Balaban J connectivity index is 1.81. The highest BCUT2D eigenvalue weighted by Crippen LogP contribution is 2.27. The molecule has 21 heavy (non-hydrogen) atoms. The van der Waals surface area contributed by atoms with Gasteiger partial charge in [-0.1, -0.05) is 25.5 Å². The van der Waals surface area contributed by atoms with E-state index in [1.165, 1.54) is 29.7 Å². The van der Waals surface area contributed by atoms with Crippen molar-refractivity contribution in [3.8, 4) is 11.6 Å². The molecule has 2 aromatic heterocycles. The lowest BCUT2D eigenvalue weighted by Crippen LogP contribution is -1.92. The second kappa shape index (κ2) is 6.10. The Hall–Kier alpha value is -2.14. The van der Waals surface area contributed by atoms with Crippen LogP contribution in [0.5, 0.6) is 11.6 Å². The van der Waals surface area contributed by atoms with E-state index in [0.717, 1.165) is 17.7 Å². The molecule has 0 aliphatic heterocycles. The molecule has 0 atom stereocenters. The van der Waals surface area contributed by atoms with E-state index in [4.69, 9.17) is 4.74 Å².